The van der Waals surface area contributed by atoms with E-state index in [0.717, 1.165) is 52.3 Å². The Kier molecular flexibility index (Phi) is 3.34. The maximum absolute atomic E-state index is 4.85. The SMILES string of the molecule is CC(C)n1ccc(-c2nc3n(c2-c2ccc4c(c2)=CNCN=4)CCN3)n1. The van der Waals surface area contributed by atoms with Crippen LogP contribution in [0.25, 0.3) is 28.8 Å². The fraction of sp³-hybridized carbons (Fsp3) is 0.316. The van der Waals surface area contributed by atoms with Crippen LogP contribution in [0.15, 0.2) is 35.5 Å². The van der Waals surface area contributed by atoms with Crippen molar-refractivity contribution in [2.24, 2.45) is 4.99 Å². The summed E-state index contributed by atoms with van der Waals surface area (Å²) < 4.78 is 4.22. The Labute approximate surface area is 151 Å². The van der Waals surface area contributed by atoms with E-state index in [1.54, 1.807) is 0 Å². The van der Waals surface area contributed by atoms with Crippen molar-refractivity contribution in [2.45, 2.75) is 26.4 Å². The van der Waals surface area contributed by atoms with E-state index in [4.69, 9.17) is 10.1 Å². The number of hydrogen-bond donors (Lipinski definition) is 2. The van der Waals surface area contributed by atoms with Crippen LogP contribution >= 0.6 is 0 Å². The lowest BCUT2D eigenvalue weighted by Gasteiger charge is -2.09. The monoisotopic (exact) mass is 347 g/mol. The molecule has 7 nitrogen and oxygen atoms in total. The van der Waals surface area contributed by atoms with Crippen LogP contribution in [-0.2, 0) is 6.54 Å². The van der Waals surface area contributed by atoms with Crippen LogP contribution in [0.3, 0.4) is 0 Å². The summed E-state index contributed by atoms with van der Waals surface area (Å²) in [5.41, 5.74) is 4.07. The van der Waals surface area contributed by atoms with Crippen molar-refractivity contribution in [1.29, 1.82) is 0 Å². The van der Waals surface area contributed by atoms with Gasteiger partial charge in [-0.15, -0.1) is 0 Å². The minimum absolute atomic E-state index is 0.325. The van der Waals surface area contributed by atoms with Gasteiger partial charge >= 0.3 is 0 Å². The topological polar surface area (TPSA) is 72.1 Å². The molecule has 0 spiro atoms. The molecule has 0 fully saturated rings. The van der Waals surface area contributed by atoms with Crippen molar-refractivity contribution in [3.8, 4) is 22.6 Å². The second-order valence-corrected chi connectivity index (χ2v) is 6.92. The van der Waals surface area contributed by atoms with Gasteiger partial charge < -0.3 is 15.2 Å². The number of nitrogens with zero attached hydrogens (tertiary/aromatic N) is 5. The van der Waals surface area contributed by atoms with Crippen LogP contribution < -0.4 is 21.2 Å². The van der Waals surface area contributed by atoms with Crippen molar-refractivity contribution in [1.82, 2.24) is 24.6 Å². The zero-order valence-corrected chi connectivity index (χ0v) is 14.9. The molecule has 0 aliphatic carbocycles. The van der Waals surface area contributed by atoms with Crippen LogP contribution in [0, 0.1) is 0 Å². The van der Waals surface area contributed by atoms with Crippen molar-refractivity contribution in [3.05, 3.63) is 41.0 Å². The molecule has 0 saturated heterocycles. The molecular formula is C19H21N7. The highest BCUT2D eigenvalue weighted by molar-refractivity contribution is 5.79. The first kappa shape index (κ1) is 15.2. The zero-order valence-electron chi connectivity index (χ0n) is 14.9. The van der Waals surface area contributed by atoms with Gasteiger partial charge in [0.2, 0.25) is 5.95 Å². The predicted molar refractivity (Wildman–Crippen MR) is 101 cm³/mol. The smallest absolute Gasteiger partial charge is 0.204 e. The lowest BCUT2D eigenvalue weighted by atomic mass is 10.1. The lowest BCUT2D eigenvalue weighted by molar-refractivity contribution is 0.534. The van der Waals surface area contributed by atoms with Crippen molar-refractivity contribution in [3.63, 3.8) is 0 Å². The number of hydrogen-bond acceptors (Lipinski definition) is 5. The molecule has 0 bridgehead atoms. The number of fused-ring (bicyclic) bond motifs is 2. The molecule has 132 valence electrons. The van der Waals surface area contributed by atoms with Gasteiger partial charge in [0.15, 0.2) is 0 Å². The van der Waals surface area contributed by atoms with E-state index in [1.165, 1.54) is 0 Å². The maximum Gasteiger partial charge on any atom is 0.204 e. The summed E-state index contributed by atoms with van der Waals surface area (Å²) >= 11 is 0. The summed E-state index contributed by atoms with van der Waals surface area (Å²) in [4.78, 5) is 9.35. The number of aromatic nitrogens is 4. The minimum atomic E-state index is 0.325. The van der Waals surface area contributed by atoms with Crippen LogP contribution in [0.5, 0.6) is 0 Å². The molecule has 2 aliphatic heterocycles. The second-order valence-electron chi connectivity index (χ2n) is 6.92. The molecule has 5 rings (SSSR count). The Balaban J connectivity index is 1.71. The molecule has 0 amide bonds. The standard InChI is InChI=1S/C19H21N7/c1-12(2)26-7-5-16(24-26)17-18(25-8-6-21-19(25)23-17)13-3-4-15-14(9-13)10-20-11-22-15/h3-5,7,9-10,12,20H,6,8,11H2,1-2H3,(H,21,23). The van der Waals surface area contributed by atoms with Gasteiger partial charge in [0.25, 0.3) is 0 Å². The Bertz CT molecular complexity index is 1100. The Morgan fingerprint density at radius 1 is 1.19 bits per heavy atom. The molecule has 2 aliphatic rings. The third-order valence-electron chi connectivity index (χ3n) is 4.87. The first-order valence-electron chi connectivity index (χ1n) is 8.99. The first-order valence-corrected chi connectivity index (χ1v) is 8.99. The molecule has 26 heavy (non-hydrogen) atoms. The molecule has 7 heteroatoms. The quantitative estimate of drug-likeness (QED) is 0.750. The molecule has 4 heterocycles. The highest BCUT2D eigenvalue weighted by atomic mass is 15.3. The van der Waals surface area contributed by atoms with E-state index in [9.17, 15) is 0 Å². The van der Waals surface area contributed by atoms with Gasteiger partial charge in [-0.2, -0.15) is 5.10 Å². The fourth-order valence-electron chi connectivity index (χ4n) is 3.56. The van der Waals surface area contributed by atoms with Gasteiger partial charge in [0, 0.05) is 42.3 Å². The van der Waals surface area contributed by atoms with Gasteiger partial charge in [-0.05, 0) is 32.0 Å². The number of nitrogens with one attached hydrogen (secondary N) is 2. The Hall–Kier alpha value is -3.09. The molecule has 0 saturated carbocycles. The van der Waals surface area contributed by atoms with Crippen molar-refractivity contribution in [2.75, 3.05) is 18.5 Å². The summed E-state index contributed by atoms with van der Waals surface area (Å²) in [6, 6.07) is 8.76. The van der Waals surface area contributed by atoms with Crippen LogP contribution in [0.4, 0.5) is 5.95 Å². The first-order chi connectivity index (χ1) is 12.7. The van der Waals surface area contributed by atoms with E-state index < -0.39 is 0 Å². The maximum atomic E-state index is 4.85. The molecular weight excluding hydrogens is 326 g/mol. The largest absolute Gasteiger partial charge is 0.372 e. The minimum Gasteiger partial charge on any atom is -0.372 e. The summed E-state index contributed by atoms with van der Waals surface area (Å²) in [7, 11) is 0. The highest BCUT2D eigenvalue weighted by Gasteiger charge is 2.24. The number of rotatable bonds is 3. The summed E-state index contributed by atoms with van der Waals surface area (Å²) in [6.45, 7) is 6.71. The highest BCUT2D eigenvalue weighted by Crippen LogP contribution is 2.35. The Morgan fingerprint density at radius 3 is 2.96 bits per heavy atom. The summed E-state index contributed by atoms with van der Waals surface area (Å²) in [5, 5.41) is 13.4. The third kappa shape index (κ3) is 2.31. The number of anilines is 1. The summed E-state index contributed by atoms with van der Waals surface area (Å²) in [6.07, 6.45) is 4.05. The van der Waals surface area contributed by atoms with E-state index in [1.807, 2.05) is 23.1 Å². The molecule has 2 N–H and O–H groups in total. The van der Waals surface area contributed by atoms with E-state index in [2.05, 4.69) is 52.2 Å². The van der Waals surface area contributed by atoms with Crippen LogP contribution in [0.2, 0.25) is 0 Å². The van der Waals surface area contributed by atoms with Crippen LogP contribution in [-0.4, -0.2) is 32.5 Å². The van der Waals surface area contributed by atoms with Crippen LogP contribution in [0.1, 0.15) is 19.9 Å². The predicted octanol–water partition coefficient (Wildman–Crippen LogP) is 1.34. The average Bonchev–Trinajstić information content (AvgIpc) is 3.36. The van der Waals surface area contributed by atoms with Gasteiger partial charge in [0.1, 0.15) is 18.1 Å². The molecule has 1 aromatic carbocycles. The van der Waals surface area contributed by atoms with Gasteiger partial charge in [0.05, 0.1) is 11.1 Å². The summed E-state index contributed by atoms with van der Waals surface area (Å²) in [5.74, 6) is 0.915. The zero-order chi connectivity index (χ0) is 17.7. The van der Waals surface area contributed by atoms with Gasteiger partial charge in [-0.1, -0.05) is 6.07 Å². The normalized spacial score (nSPS) is 14.9. The fourth-order valence-corrected chi connectivity index (χ4v) is 3.56. The van der Waals surface area contributed by atoms with Crippen molar-refractivity contribution < 1.29 is 0 Å². The molecule has 0 atom stereocenters. The second kappa shape index (κ2) is 5.72. The molecule has 0 radical (unpaired) electrons. The van der Waals surface area contributed by atoms with Gasteiger partial charge in [-0.3, -0.25) is 9.67 Å². The third-order valence-corrected chi connectivity index (χ3v) is 4.87. The van der Waals surface area contributed by atoms with E-state index in [0.29, 0.717) is 12.7 Å². The number of imidazole rings is 1. The van der Waals surface area contributed by atoms with E-state index >= 15 is 0 Å². The average molecular weight is 347 g/mol. The molecule has 3 aromatic rings. The lowest BCUT2D eigenvalue weighted by Crippen LogP contribution is -2.33. The number of benzene rings is 1. The van der Waals surface area contributed by atoms with Gasteiger partial charge in [-0.25, -0.2) is 4.98 Å². The Morgan fingerprint density at radius 2 is 2.12 bits per heavy atom. The molecule has 2 aromatic heterocycles. The molecule has 0 unspecified atom stereocenters. The van der Waals surface area contributed by atoms with E-state index in [-0.39, 0.29) is 0 Å². The van der Waals surface area contributed by atoms with Crippen molar-refractivity contribution >= 4 is 12.1 Å².